The summed E-state index contributed by atoms with van der Waals surface area (Å²) in [6.45, 7) is 4.43. The van der Waals surface area contributed by atoms with Crippen LogP contribution in [0.4, 0.5) is 0 Å². The Labute approximate surface area is 104 Å². The second-order valence-electron chi connectivity index (χ2n) is 6.12. The van der Waals surface area contributed by atoms with Gasteiger partial charge >= 0.3 is 0 Å². The zero-order valence-corrected chi connectivity index (χ0v) is 11.0. The summed E-state index contributed by atoms with van der Waals surface area (Å²) in [6.07, 6.45) is 7.09. The maximum absolute atomic E-state index is 12.7. The minimum absolute atomic E-state index is 0.281. The van der Waals surface area contributed by atoms with Crippen LogP contribution in [0.1, 0.15) is 52.4 Å². The summed E-state index contributed by atoms with van der Waals surface area (Å²) in [5.41, 5.74) is 0. The van der Waals surface area contributed by atoms with E-state index in [0.29, 0.717) is 30.1 Å². The maximum Gasteiger partial charge on any atom is 0.227 e. The maximum atomic E-state index is 12.7. The first kappa shape index (κ1) is 11.5. The number of nitrogens with zero attached hydrogens (tertiary/aromatic N) is 1. The van der Waals surface area contributed by atoms with Crippen LogP contribution in [0.5, 0.6) is 0 Å². The van der Waals surface area contributed by atoms with Gasteiger partial charge in [0.05, 0.1) is 5.92 Å². The van der Waals surface area contributed by atoms with Gasteiger partial charge in [0.2, 0.25) is 5.91 Å². The first-order valence-corrected chi connectivity index (χ1v) is 7.29. The average molecular weight is 236 g/mol. The molecule has 5 unspecified atom stereocenters. The van der Waals surface area contributed by atoms with Gasteiger partial charge < -0.3 is 10.2 Å². The van der Waals surface area contributed by atoms with Crippen molar-refractivity contribution in [3.05, 3.63) is 0 Å². The molecule has 1 amide bonds. The second-order valence-corrected chi connectivity index (χ2v) is 6.12. The van der Waals surface area contributed by atoms with Crippen LogP contribution in [0, 0.1) is 5.92 Å². The fourth-order valence-electron chi connectivity index (χ4n) is 4.16. The Hall–Kier alpha value is -0.570. The van der Waals surface area contributed by atoms with Crippen molar-refractivity contribution in [1.82, 2.24) is 10.2 Å². The molecule has 0 aromatic carbocycles. The van der Waals surface area contributed by atoms with Crippen LogP contribution in [0.15, 0.2) is 0 Å². The summed E-state index contributed by atoms with van der Waals surface area (Å²) in [6, 6.07) is 2.09. The van der Waals surface area contributed by atoms with Gasteiger partial charge in [0.15, 0.2) is 0 Å². The third-order valence-electron chi connectivity index (χ3n) is 5.13. The topological polar surface area (TPSA) is 32.3 Å². The highest BCUT2D eigenvalue weighted by Gasteiger charge is 2.46. The van der Waals surface area contributed by atoms with Gasteiger partial charge in [-0.1, -0.05) is 6.92 Å². The molecule has 3 fully saturated rings. The molecule has 3 aliphatic rings. The Balaban J connectivity index is 1.73. The summed E-state index contributed by atoms with van der Waals surface area (Å²) < 4.78 is 0. The molecular weight excluding hydrogens is 212 g/mol. The molecule has 0 radical (unpaired) electrons. The van der Waals surface area contributed by atoms with Gasteiger partial charge in [0, 0.05) is 24.2 Å². The number of hydrogen-bond donors (Lipinski definition) is 1. The highest BCUT2D eigenvalue weighted by Crippen LogP contribution is 2.37. The zero-order chi connectivity index (χ0) is 12.0. The number of likely N-dealkylation sites (tertiary alicyclic amines) is 1. The van der Waals surface area contributed by atoms with Crippen LogP contribution in [0.25, 0.3) is 0 Å². The summed E-state index contributed by atoms with van der Waals surface area (Å²) in [7, 11) is 0. The van der Waals surface area contributed by atoms with Gasteiger partial charge in [-0.25, -0.2) is 0 Å². The van der Waals surface area contributed by atoms with E-state index >= 15 is 0 Å². The number of carbonyl (C=O) groups is 1. The number of carbonyl (C=O) groups excluding carboxylic acids is 1. The molecule has 17 heavy (non-hydrogen) atoms. The molecule has 0 spiro atoms. The number of amides is 1. The first-order valence-electron chi connectivity index (χ1n) is 7.29. The van der Waals surface area contributed by atoms with Gasteiger partial charge in [-0.05, 0) is 45.4 Å². The van der Waals surface area contributed by atoms with Crippen LogP contribution < -0.4 is 5.32 Å². The highest BCUT2D eigenvalue weighted by atomic mass is 16.2. The highest BCUT2D eigenvalue weighted by molar-refractivity contribution is 5.81. The summed E-state index contributed by atoms with van der Waals surface area (Å²) in [4.78, 5) is 14.9. The monoisotopic (exact) mass is 236 g/mol. The number of fused-ring (bicyclic) bond motifs is 2. The van der Waals surface area contributed by atoms with E-state index in [2.05, 4.69) is 24.1 Å². The van der Waals surface area contributed by atoms with Gasteiger partial charge in [0.25, 0.3) is 0 Å². The van der Waals surface area contributed by atoms with E-state index in [9.17, 15) is 4.79 Å². The van der Waals surface area contributed by atoms with Crippen molar-refractivity contribution in [1.29, 1.82) is 0 Å². The van der Waals surface area contributed by atoms with E-state index in [4.69, 9.17) is 0 Å². The molecule has 0 aliphatic carbocycles. The summed E-state index contributed by atoms with van der Waals surface area (Å²) >= 11 is 0. The molecule has 3 rings (SSSR count). The molecule has 2 bridgehead atoms. The van der Waals surface area contributed by atoms with Crippen LogP contribution >= 0.6 is 0 Å². The van der Waals surface area contributed by atoms with Crippen molar-refractivity contribution in [3.8, 4) is 0 Å². The third kappa shape index (κ3) is 1.79. The van der Waals surface area contributed by atoms with E-state index in [1.165, 1.54) is 25.7 Å². The second kappa shape index (κ2) is 4.27. The van der Waals surface area contributed by atoms with Crippen LogP contribution in [0.2, 0.25) is 0 Å². The van der Waals surface area contributed by atoms with E-state index in [0.717, 1.165) is 12.8 Å². The lowest BCUT2D eigenvalue weighted by Gasteiger charge is -2.32. The molecule has 0 saturated carbocycles. The largest absolute Gasteiger partial charge is 0.337 e. The molecule has 5 atom stereocenters. The minimum Gasteiger partial charge on any atom is -0.337 e. The Morgan fingerprint density at radius 1 is 1.29 bits per heavy atom. The lowest BCUT2D eigenvalue weighted by atomic mass is 9.87. The average Bonchev–Trinajstić information content (AvgIpc) is 3.01. The van der Waals surface area contributed by atoms with Crippen molar-refractivity contribution in [2.45, 2.75) is 76.5 Å². The molecule has 3 nitrogen and oxygen atoms in total. The van der Waals surface area contributed by atoms with Crippen LogP contribution in [-0.4, -0.2) is 35.0 Å². The van der Waals surface area contributed by atoms with Crippen molar-refractivity contribution in [3.63, 3.8) is 0 Å². The smallest absolute Gasteiger partial charge is 0.227 e. The molecule has 3 aliphatic heterocycles. The van der Waals surface area contributed by atoms with Crippen molar-refractivity contribution < 1.29 is 4.79 Å². The normalized spacial score (nSPS) is 44.6. The molecule has 0 aromatic rings. The molecule has 3 heteroatoms. The standard InChI is InChI=1S/C14H24N2O/c1-3-11-6-4-9(2)16(11)14(17)12-8-10-5-7-13(12)15-10/h9-13,15H,3-8H2,1-2H3. The molecule has 1 N–H and O–H groups in total. The first-order chi connectivity index (χ1) is 8.20. The Morgan fingerprint density at radius 2 is 2.12 bits per heavy atom. The van der Waals surface area contributed by atoms with Gasteiger partial charge in [-0.15, -0.1) is 0 Å². The molecule has 0 aromatic heterocycles. The molecular formula is C14H24N2O. The predicted molar refractivity (Wildman–Crippen MR) is 67.7 cm³/mol. The minimum atomic E-state index is 0.281. The summed E-state index contributed by atoms with van der Waals surface area (Å²) in [5, 5.41) is 3.58. The van der Waals surface area contributed by atoms with Crippen molar-refractivity contribution in [2.24, 2.45) is 5.92 Å². The molecule has 3 heterocycles. The number of rotatable bonds is 2. The van der Waals surface area contributed by atoms with Crippen molar-refractivity contribution in [2.75, 3.05) is 0 Å². The molecule has 96 valence electrons. The van der Waals surface area contributed by atoms with E-state index in [1.54, 1.807) is 0 Å². The Bertz CT molecular complexity index is 317. The van der Waals surface area contributed by atoms with Crippen LogP contribution in [-0.2, 0) is 4.79 Å². The molecule has 3 saturated heterocycles. The lowest BCUT2D eigenvalue weighted by Crippen LogP contribution is -2.46. The number of hydrogen-bond acceptors (Lipinski definition) is 2. The fraction of sp³-hybridized carbons (Fsp3) is 0.929. The quantitative estimate of drug-likeness (QED) is 0.794. The van der Waals surface area contributed by atoms with E-state index < -0.39 is 0 Å². The zero-order valence-electron chi connectivity index (χ0n) is 11.0. The van der Waals surface area contributed by atoms with Gasteiger partial charge in [0.1, 0.15) is 0 Å². The Morgan fingerprint density at radius 3 is 2.71 bits per heavy atom. The third-order valence-corrected chi connectivity index (χ3v) is 5.13. The van der Waals surface area contributed by atoms with E-state index in [-0.39, 0.29) is 5.92 Å². The summed E-state index contributed by atoms with van der Waals surface area (Å²) in [5.74, 6) is 0.727. The lowest BCUT2D eigenvalue weighted by molar-refractivity contribution is -0.138. The number of nitrogens with one attached hydrogen (secondary N) is 1. The Kier molecular flexibility index (Phi) is 2.89. The predicted octanol–water partition coefficient (Wildman–Crippen LogP) is 1.92. The fourth-order valence-corrected chi connectivity index (χ4v) is 4.16. The van der Waals surface area contributed by atoms with Crippen LogP contribution in [0.3, 0.4) is 0 Å². The van der Waals surface area contributed by atoms with Crippen molar-refractivity contribution >= 4 is 5.91 Å². The SMILES string of the molecule is CCC1CCC(C)N1C(=O)C1CC2CCC1N2. The van der Waals surface area contributed by atoms with Gasteiger partial charge in [-0.2, -0.15) is 0 Å². The van der Waals surface area contributed by atoms with E-state index in [1.807, 2.05) is 0 Å². The van der Waals surface area contributed by atoms with Gasteiger partial charge in [-0.3, -0.25) is 4.79 Å².